The summed E-state index contributed by atoms with van der Waals surface area (Å²) in [6.07, 6.45) is 1.54. The van der Waals surface area contributed by atoms with Gasteiger partial charge in [-0.3, -0.25) is 14.2 Å². The lowest BCUT2D eigenvalue weighted by molar-refractivity contribution is 0.0939. The van der Waals surface area contributed by atoms with Crippen LogP contribution in [0.5, 0.6) is 0 Å². The molecule has 0 aliphatic rings. The molecule has 6 heteroatoms. The maximum Gasteiger partial charge on any atom is 0.307 e. The van der Waals surface area contributed by atoms with Crippen molar-refractivity contribution >= 4 is 23.0 Å². The van der Waals surface area contributed by atoms with Crippen molar-refractivity contribution < 1.29 is 4.79 Å². The summed E-state index contributed by atoms with van der Waals surface area (Å²) in [4.78, 5) is 30.3. The summed E-state index contributed by atoms with van der Waals surface area (Å²) in [5.74, 6) is -0.529. The van der Waals surface area contributed by atoms with Gasteiger partial charge in [-0.15, -0.1) is 0 Å². The summed E-state index contributed by atoms with van der Waals surface area (Å²) in [5.41, 5.74) is 4.42. The molecule has 0 aliphatic heterocycles. The minimum atomic E-state index is -0.545. The minimum absolute atomic E-state index is 0.0164. The Morgan fingerprint density at radius 3 is 2.34 bits per heavy atom. The molecule has 3 aromatic carbocycles. The van der Waals surface area contributed by atoms with Crippen LogP contribution in [-0.4, -0.2) is 21.7 Å². The van der Waals surface area contributed by atoms with Gasteiger partial charge in [0.15, 0.2) is 0 Å². The number of para-hydroxylation sites is 1. The Kier molecular flexibility index (Phi) is 5.25. The molecular weight excluding hydrogens is 364 g/mol. The first kappa shape index (κ1) is 18.3. The molecule has 0 saturated carbocycles. The first-order chi connectivity index (χ1) is 14.2. The van der Waals surface area contributed by atoms with Crippen LogP contribution in [0.3, 0.4) is 0 Å². The van der Waals surface area contributed by atoms with Gasteiger partial charge in [0.2, 0.25) is 5.82 Å². The van der Waals surface area contributed by atoms with Crippen LogP contribution in [-0.2, 0) is 6.54 Å². The lowest BCUT2D eigenvalue weighted by atomic mass is 10.2. The van der Waals surface area contributed by atoms with E-state index in [9.17, 15) is 9.59 Å². The van der Waals surface area contributed by atoms with Gasteiger partial charge in [-0.1, -0.05) is 72.8 Å². The average molecular weight is 382 g/mol. The summed E-state index contributed by atoms with van der Waals surface area (Å²) >= 11 is 0. The molecular formula is C23H18N4O2. The van der Waals surface area contributed by atoms with Crippen molar-refractivity contribution in [2.24, 2.45) is 5.10 Å². The summed E-state index contributed by atoms with van der Waals surface area (Å²) in [5, 5.41) is 4.46. The number of rotatable bonds is 5. The number of hydrogen-bond acceptors (Lipinski definition) is 4. The van der Waals surface area contributed by atoms with E-state index in [1.54, 1.807) is 30.5 Å². The van der Waals surface area contributed by atoms with Crippen molar-refractivity contribution in [3.05, 3.63) is 112 Å². The predicted molar refractivity (Wildman–Crippen MR) is 113 cm³/mol. The molecule has 0 unspecified atom stereocenters. The van der Waals surface area contributed by atoms with Gasteiger partial charge in [0.1, 0.15) is 0 Å². The summed E-state index contributed by atoms with van der Waals surface area (Å²) in [6.45, 7) is 0.239. The van der Waals surface area contributed by atoms with Crippen molar-refractivity contribution in [1.29, 1.82) is 0 Å². The fraction of sp³-hybridized carbons (Fsp3) is 0.0435. The molecule has 0 atom stereocenters. The third kappa shape index (κ3) is 4.11. The molecule has 1 heterocycles. The normalized spacial score (nSPS) is 11.0. The molecule has 0 fully saturated rings. The highest BCUT2D eigenvalue weighted by Crippen LogP contribution is 2.10. The molecule has 29 heavy (non-hydrogen) atoms. The average Bonchev–Trinajstić information content (AvgIpc) is 2.77. The zero-order valence-corrected chi connectivity index (χ0v) is 15.5. The molecule has 142 valence electrons. The van der Waals surface area contributed by atoms with E-state index in [-0.39, 0.29) is 17.9 Å². The smallest absolute Gasteiger partial charge is 0.283 e. The Morgan fingerprint density at radius 1 is 0.931 bits per heavy atom. The van der Waals surface area contributed by atoms with Gasteiger partial charge in [0.25, 0.3) is 5.56 Å². The van der Waals surface area contributed by atoms with Crippen LogP contribution in [0.1, 0.15) is 21.7 Å². The van der Waals surface area contributed by atoms with Crippen LogP contribution < -0.4 is 11.0 Å². The van der Waals surface area contributed by atoms with Gasteiger partial charge >= 0.3 is 5.91 Å². The Morgan fingerprint density at radius 2 is 1.59 bits per heavy atom. The second kappa shape index (κ2) is 8.31. The van der Waals surface area contributed by atoms with E-state index in [1.165, 1.54) is 4.57 Å². The van der Waals surface area contributed by atoms with E-state index >= 15 is 0 Å². The number of nitrogens with zero attached hydrogens (tertiary/aromatic N) is 3. The van der Waals surface area contributed by atoms with Crippen molar-refractivity contribution in [3.8, 4) is 0 Å². The van der Waals surface area contributed by atoms with Crippen LogP contribution in [0.15, 0.2) is 94.8 Å². The standard InChI is InChI=1S/C23H18N4O2/c28-22(26-24-15-17-9-3-1-4-10-17)21-25-20-14-8-7-13-19(20)23(29)27(21)16-18-11-5-2-6-12-18/h1-15H,16H2,(H,26,28)/b24-15+. The largest absolute Gasteiger partial charge is 0.307 e. The van der Waals surface area contributed by atoms with Crippen LogP contribution in [0.2, 0.25) is 0 Å². The SMILES string of the molecule is O=C(N/N=C/c1ccccc1)c1nc2ccccc2c(=O)n1Cc1ccccc1. The number of carbonyl (C=O) groups excluding carboxylic acids is 1. The molecule has 0 radical (unpaired) electrons. The lowest BCUT2D eigenvalue weighted by Crippen LogP contribution is -2.32. The van der Waals surface area contributed by atoms with Gasteiger partial charge < -0.3 is 0 Å². The number of carbonyl (C=O) groups is 1. The van der Waals surface area contributed by atoms with E-state index in [1.807, 2.05) is 60.7 Å². The summed E-state index contributed by atoms with van der Waals surface area (Å²) in [6, 6.07) is 25.9. The van der Waals surface area contributed by atoms with Crippen molar-refractivity contribution in [2.75, 3.05) is 0 Å². The maximum atomic E-state index is 13.1. The fourth-order valence-corrected chi connectivity index (χ4v) is 3.01. The van der Waals surface area contributed by atoms with Gasteiger partial charge in [0.05, 0.1) is 23.7 Å². The Hall–Kier alpha value is -4.06. The highest BCUT2D eigenvalue weighted by atomic mass is 16.2. The van der Waals surface area contributed by atoms with Crippen LogP contribution in [0.4, 0.5) is 0 Å². The zero-order valence-electron chi connectivity index (χ0n) is 15.5. The molecule has 1 N–H and O–H groups in total. The number of hydrogen-bond donors (Lipinski definition) is 1. The van der Waals surface area contributed by atoms with E-state index in [2.05, 4.69) is 15.5 Å². The van der Waals surface area contributed by atoms with E-state index < -0.39 is 5.91 Å². The van der Waals surface area contributed by atoms with Crippen molar-refractivity contribution in [2.45, 2.75) is 6.54 Å². The Labute approximate surface area is 167 Å². The molecule has 0 saturated heterocycles. The van der Waals surface area contributed by atoms with E-state index in [4.69, 9.17) is 0 Å². The zero-order chi connectivity index (χ0) is 20.1. The predicted octanol–water partition coefficient (Wildman–Crippen LogP) is 3.21. The molecule has 4 rings (SSSR count). The van der Waals surface area contributed by atoms with E-state index in [0.717, 1.165) is 11.1 Å². The van der Waals surface area contributed by atoms with E-state index in [0.29, 0.717) is 10.9 Å². The number of aromatic nitrogens is 2. The molecule has 0 bridgehead atoms. The number of nitrogens with one attached hydrogen (secondary N) is 1. The number of hydrazone groups is 1. The molecule has 0 aliphatic carbocycles. The highest BCUT2D eigenvalue weighted by molar-refractivity contribution is 5.93. The van der Waals surface area contributed by atoms with Crippen LogP contribution in [0, 0.1) is 0 Å². The third-order valence-corrected chi connectivity index (χ3v) is 4.43. The monoisotopic (exact) mass is 382 g/mol. The maximum absolute atomic E-state index is 13.1. The second-order valence-electron chi connectivity index (χ2n) is 6.44. The Bertz CT molecular complexity index is 1230. The van der Waals surface area contributed by atoms with Gasteiger partial charge in [-0.2, -0.15) is 5.10 Å². The molecule has 1 aromatic heterocycles. The number of amides is 1. The number of benzene rings is 3. The molecule has 0 spiro atoms. The first-order valence-corrected chi connectivity index (χ1v) is 9.14. The minimum Gasteiger partial charge on any atom is -0.283 e. The van der Waals surface area contributed by atoms with Crippen LogP contribution >= 0.6 is 0 Å². The van der Waals surface area contributed by atoms with Crippen molar-refractivity contribution in [1.82, 2.24) is 15.0 Å². The topological polar surface area (TPSA) is 76.3 Å². The number of fused-ring (bicyclic) bond motifs is 1. The molecule has 4 aromatic rings. The summed E-state index contributed by atoms with van der Waals surface area (Å²) < 4.78 is 1.38. The fourth-order valence-electron chi connectivity index (χ4n) is 3.01. The first-order valence-electron chi connectivity index (χ1n) is 9.14. The van der Waals surface area contributed by atoms with Gasteiger partial charge in [-0.05, 0) is 23.3 Å². The molecule has 1 amide bonds. The highest BCUT2D eigenvalue weighted by Gasteiger charge is 2.17. The van der Waals surface area contributed by atoms with Crippen LogP contribution in [0.25, 0.3) is 10.9 Å². The van der Waals surface area contributed by atoms with Gasteiger partial charge in [0, 0.05) is 0 Å². The van der Waals surface area contributed by atoms with Crippen molar-refractivity contribution in [3.63, 3.8) is 0 Å². The Balaban J connectivity index is 1.71. The summed E-state index contributed by atoms with van der Waals surface area (Å²) in [7, 11) is 0. The molecule has 6 nitrogen and oxygen atoms in total. The quantitative estimate of drug-likeness (QED) is 0.425. The van der Waals surface area contributed by atoms with Gasteiger partial charge in [-0.25, -0.2) is 10.4 Å². The third-order valence-electron chi connectivity index (χ3n) is 4.43. The second-order valence-corrected chi connectivity index (χ2v) is 6.44. The lowest BCUT2D eigenvalue weighted by Gasteiger charge is -2.12.